The highest BCUT2D eigenvalue weighted by atomic mass is 16.2. The summed E-state index contributed by atoms with van der Waals surface area (Å²) in [7, 11) is 0. The van der Waals surface area contributed by atoms with Crippen molar-refractivity contribution in [3.63, 3.8) is 0 Å². The molecule has 0 aromatic rings. The minimum Gasteiger partial charge on any atom is -0.342 e. The number of fused-ring (bicyclic) bond motifs is 2. The second-order valence-corrected chi connectivity index (χ2v) is 5.63. The lowest BCUT2D eigenvalue weighted by Crippen LogP contribution is -2.41. The van der Waals surface area contributed by atoms with Crippen LogP contribution in [0, 0.1) is 5.92 Å². The first kappa shape index (κ1) is 10.6. The summed E-state index contributed by atoms with van der Waals surface area (Å²) in [4.78, 5) is 14.6. The van der Waals surface area contributed by atoms with Crippen LogP contribution in [0.15, 0.2) is 0 Å². The van der Waals surface area contributed by atoms with Crippen LogP contribution >= 0.6 is 0 Å². The zero-order valence-corrected chi connectivity index (χ0v) is 9.95. The van der Waals surface area contributed by atoms with E-state index in [0.717, 1.165) is 19.5 Å². The molecule has 2 bridgehead atoms. The summed E-state index contributed by atoms with van der Waals surface area (Å²) >= 11 is 0. The lowest BCUT2D eigenvalue weighted by Gasteiger charge is -2.27. The van der Waals surface area contributed by atoms with E-state index in [1.807, 2.05) is 0 Å². The summed E-state index contributed by atoms with van der Waals surface area (Å²) < 4.78 is 0. The quantitative estimate of drug-likeness (QED) is 0.729. The molecule has 1 N–H and O–H groups in total. The second-order valence-electron chi connectivity index (χ2n) is 5.63. The molecule has 16 heavy (non-hydrogen) atoms. The number of carbonyl (C=O) groups excluding carboxylic acids is 1. The molecule has 0 radical (unpaired) electrons. The zero-order chi connectivity index (χ0) is 11.0. The van der Waals surface area contributed by atoms with Gasteiger partial charge in [0.2, 0.25) is 5.91 Å². The first-order chi connectivity index (χ1) is 7.84. The summed E-state index contributed by atoms with van der Waals surface area (Å²) in [5.41, 5.74) is 0. The highest BCUT2D eigenvalue weighted by Gasteiger charge is 2.43. The van der Waals surface area contributed by atoms with E-state index >= 15 is 0 Å². The molecule has 3 aliphatic heterocycles. The summed E-state index contributed by atoms with van der Waals surface area (Å²) in [5.74, 6) is 0.749. The van der Waals surface area contributed by atoms with Gasteiger partial charge in [0.1, 0.15) is 0 Å². The maximum absolute atomic E-state index is 12.4. The second kappa shape index (κ2) is 4.36. The minimum absolute atomic E-state index is 0.303. The normalized spacial score (nSPS) is 38.8. The molecule has 0 spiro atoms. The molecule has 0 aromatic carbocycles. The van der Waals surface area contributed by atoms with E-state index in [1.165, 1.54) is 38.5 Å². The monoisotopic (exact) mass is 222 g/mol. The molecule has 0 aliphatic carbocycles. The van der Waals surface area contributed by atoms with Gasteiger partial charge in [-0.1, -0.05) is 12.8 Å². The van der Waals surface area contributed by atoms with E-state index in [-0.39, 0.29) is 0 Å². The Labute approximate surface area is 97.6 Å². The van der Waals surface area contributed by atoms with Gasteiger partial charge in [0.15, 0.2) is 0 Å². The molecule has 90 valence electrons. The van der Waals surface area contributed by atoms with Gasteiger partial charge in [0.05, 0.1) is 5.92 Å². The number of likely N-dealkylation sites (tertiary alicyclic amines) is 1. The van der Waals surface area contributed by atoms with Gasteiger partial charge in [-0.05, 0) is 32.1 Å². The van der Waals surface area contributed by atoms with E-state index in [1.54, 1.807) is 0 Å². The number of nitrogens with zero attached hydrogens (tertiary/aromatic N) is 1. The molecule has 0 saturated carbocycles. The van der Waals surface area contributed by atoms with Crippen LogP contribution in [0.25, 0.3) is 0 Å². The van der Waals surface area contributed by atoms with Crippen molar-refractivity contribution >= 4 is 5.91 Å². The Hall–Kier alpha value is -0.570. The van der Waals surface area contributed by atoms with Gasteiger partial charge in [0.25, 0.3) is 0 Å². The fourth-order valence-electron chi connectivity index (χ4n) is 3.62. The van der Waals surface area contributed by atoms with Crippen LogP contribution in [-0.2, 0) is 4.79 Å². The number of rotatable bonds is 1. The van der Waals surface area contributed by atoms with Gasteiger partial charge in [-0.15, -0.1) is 0 Å². The first-order valence-corrected chi connectivity index (χ1v) is 6.89. The molecule has 3 fully saturated rings. The molecule has 1 amide bonds. The molecule has 3 heteroatoms. The summed E-state index contributed by atoms with van der Waals surface area (Å²) in [5, 5.41) is 3.57. The van der Waals surface area contributed by atoms with Crippen molar-refractivity contribution < 1.29 is 4.79 Å². The predicted molar refractivity (Wildman–Crippen MR) is 63.1 cm³/mol. The number of carbonyl (C=O) groups is 1. The Kier molecular flexibility index (Phi) is 2.88. The van der Waals surface area contributed by atoms with Gasteiger partial charge in [-0.3, -0.25) is 4.79 Å². The zero-order valence-electron chi connectivity index (χ0n) is 9.95. The van der Waals surface area contributed by atoms with Crippen molar-refractivity contribution in [2.75, 3.05) is 13.1 Å². The van der Waals surface area contributed by atoms with Gasteiger partial charge in [-0.25, -0.2) is 0 Å². The van der Waals surface area contributed by atoms with Crippen molar-refractivity contribution in [2.24, 2.45) is 5.92 Å². The van der Waals surface area contributed by atoms with Gasteiger partial charge in [-0.2, -0.15) is 0 Å². The minimum atomic E-state index is 0.303. The SMILES string of the molecule is O=C(C1CC2CCC1N2)N1CCCCCC1. The third kappa shape index (κ3) is 1.86. The Morgan fingerprint density at radius 1 is 1.06 bits per heavy atom. The summed E-state index contributed by atoms with van der Waals surface area (Å²) in [6, 6.07) is 1.15. The number of hydrogen-bond donors (Lipinski definition) is 1. The molecule has 3 rings (SSSR count). The highest BCUT2D eigenvalue weighted by Crippen LogP contribution is 2.34. The highest BCUT2D eigenvalue weighted by molar-refractivity contribution is 5.80. The Morgan fingerprint density at radius 2 is 1.81 bits per heavy atom. The average Bonchev–Trinajstić information content (AvgIpc) is 2.82. The van der Waals surface area contributed by atoms with Gasteiger partial charge in [0, 0.05) is 25.2 Å². The van der Waals surface area contributed by atoms with Crippen LogP contribution in [0.2, 0.25) is 0 Å². The maximum Gasteiger partial charge on any atom is 0.227 e. The van der Waals surface area contributed by atoms with Crippen molar-refractivity contribution in [1.29, 1.82) is 0 Å². The fraction of sp³-hybridized carbons (Fsp3) is 0.923. The van der Waals surface area contributed by atoms with Crippen LogP contribution in [-0.4, -0.2) is 36.0 Å². The molecule has 3 unspecified atom stereocenters. The van der Waals surface area contributed by atoms with Crippen molar-refractivity contribution in [1.82, 2.24) is 10.2 Å². The predicted octanol–water partition coefficient (Wildman–Crippen LogP) is 1.53. The van der Waals surface area contributed by atoms with Gasteiger partial charge >= 0.3 is 0 Å². The molecule has 3 aliphatic rings. The van der Waals surface area contributed by atoms with E-state index in [4.69, 9.17) is 0 Å². The standard InChI is InChI=1S/C13H22N2O/c16-13(15-7-3-1-2-4-8-15)11-9-10-5-6-12(11)14-10/h10-12,14H,1-9H2. The van der Waals surface area contributed by atoms with Crippen LogP contribution < -0.4 is 5.32 Å². The van der Waals surface area contributed by atoms with E-state index < -0.39 is 0 Å². The van der Waals surface area contributed by atoms with E-state index in [0.29, 0.717) is 23.9 Å². The number of hydrogen-bond acceptors (Lipinski definition) is 2. The van der Waals surface area contributed by atoms with Crippen LogP contribution in [0.5, 0.6) is 0 Å². The maximum atomic E-state index is 12.4. The topological polar surface area (TPSA) is 32.3 Å². The molecule has 3 atom stereocenters. The third-order valence-electron chi connectivity index (χ3n) is 4.53. The molecule has 3 saturated heterocycles. The summed E-state index contributed by atoms with van der Waals surface area (Å²) in [6.45, 7) is 2.01. The molecular weight excluding hydrogens is 200 g/mol. The third-order valence-corrected chi connectivity index (χ3v) is 4.53. The lowest BCUT2D eigenvalue weighted by atomic mass is 9.88. The fourth-order valence-corrected chi connectivity index (χ4v) is 3.62. The van der Waals surface area contributed by atoms with Crippen molar-refractivity contribution in [3.05, 3.63) is 0 Å². The summed E-state index contributed by atoms with van der Waals surface area (Å²) in [6.07, 6.45) is 8.63. The average molecular weight is 222 g/mol. The first-order valence-electron chi connectivity index (χ1n) is 6.89. The molecule has 3 nitrogen and oxygen atoms in total. The molecule has 0 aromatic heterocycles. The van der Waals surface area contributed by atoms with Crippen molar-refractivity contribution in [2.45, 2.75) is 57.0 Å². The van der Waals surface area contributed by atoms with Crippen LogP contribution in [0.4, 0.5) is 0 Å². The smallest absolute Gasteiger partial charge is 0.227 e. The largest absolute Gasteiger partial charge is 0.342 e. The van der Waals surface area contributed by atoms with E-state index in [2.05, 4.69) is 10.2 Å². The van der Waals surface area contributed by atoms with Gasteiger partial charge < -0.3 is 10.2 Å². The van der Waals surface area contributed by atoms with Crippen LogP contribution in [0.3, 0.4) is 0 Å². The molecular formula is C13H22N2O. The Balaban J connectivity index is 1.63. The Morgan fingerprint density at radius 3 is 2.38 bits per heavy atom. The number of amides is 1. The lowest BCUT2D eigenvalue weighted by molar-refractivity contribution is -0.136. The number of nitrogens with one attached hydrogen (secondary N) is 1. The Bertz CT molecular complexity index is 271. The molecule has 3 heterocycles. The van der Waals surface area contributed by atoms with Crippen LogP contribution in [0.1, 0.15) is 44.9 Å². The van der Waals surface area contributed by atoms with Crippen molar-refractivity contribution in [3.8, 4) is 0 Å². The van der Waals surface area contributed by atoms with E-state index in [9.17, 15) is 4.79 Å².